The SMILES string of the molecule is C=C(CC)C(O)(c1ccccc1O)C1CCc2ccccc2C1. The topological polar surface area (TPSA) is 40.5 Å². The van der Waals surface area contributed by atoms with E-state index in [0.717, 1.165) is 24.8 Å². The molecule has 2 atom stereocenters. The van der Waals surface area contributed by atoms with E-state index in [1.165, 1.54) is 11.1 Å². The van der Waals surface area contributed by atoms with Gasteiger partial charge in [-0.25, -0.2) is 0 Å². The van der Waals surface area contributed by atoms with E-state index in [4.69, 9.17) is 0 Å². The largest absolute Gasteiger partial charge is 0.508 e. The minimum Gasteiger partial charge on any atom is -0.508 e. The van der Waals surface area contributed by atoms with Crippen LogP contribution in [0.25, 0.3) is 0 Å². The summed E-state index contributed by atoms with van der Waals surface area (Å²) in [7, 11) is 0. The minimum absolute atomic E-state index is 0.0261. The number of hydrogen-bond donors (Lipinski definition) is 2. The Morgan fingerprint density at radius 1 is 1.13 bits per heavy atom. The number of para-hydroxylation sites is 1. The fraction of sp³-hybridized carbons (Fsp3) is 0.333. The van der Waals surface area contributed by atoms with E-state index in [-0.39, 0.29) is 11.7 Å². The number of phenolic OH excluding ortho intramolecular Hbond substituents is 1. The van der Waals surface area contributed by atoms with Gasteiger partial charge in [0, 0.05) is 11.5 Å². The van der Waals surface area contributed by atoms with Crippen LogP contribution in [0.5, 0.6) is 5.75 Å². The summed E-state index contributed by atoms with van der Waals surface area (Å²) in [5, 5.41) is 21.9. The Balaban J connectivity index is 2.05. The predicted molar refractivity (Wildman–Crippen MR) is 93.4 cm³/mol. The number of aliphatic hydroxyl groups is 1. The van der Waals surface area contributed by atoms with Crippen LogP contribution in [0.15, 0.2) is 60.7 Å². The molecule has 0 saturated carbocycles. The van der Waals surface area contributed by atoms with E-state index in [0.29, 0.717) is 12.0 Å². The van der Waals surface area contributed by atoms with Gasteiger partial charge in [0.1, 0.15) is 11.4 Å². The van der Waals surface area contributed by atoms with Gasteiger partial charge in [-0.3, -0.25) is 0 Å². The van der Waals surface area contributed by atoms with Gasteiger partial charge in [-0.15, -0.1) is 0 Å². The Labute approximate surface area is 138 Å². The molecule has 0 saturated heterocycles. The van der Waals surface area contributed by atoms with Gasteiger partial charge in [0.2, 0.25) is 0 Å². The van der Waals surface area contributed by atoms with E-state index < -0.39 is 5.60 Å². The van der Waals surface area contributed by atoms with Crippen LogP contribution in [-0.4, -0.2) is 10.2 Å². The molecule has 0 spiro atoms. The van der Waals surface area contributed by atoms with Crippen molar-refractivity contribution < 1.29 is 10.2 Å². The number of phenols is 1. The molecular formula is C21H24O2. The molecule has 2 N–H and O–H groups in total. The van der Waals surface area contributed by atoms with Gasteiger partial charge in [-0.1, -0.05) is 56.0 Å². The van der Waals surface area contributed by atoms with Gasteiger partial charge in [0.05, 0.1) is 0 Å². The fourth-order valence-corrected chi connectivity index (χ4v) is 3.82. The number of aryl methyl sites for hydroxylation is 1. The van der Waals surface area contributed by atoms with Crippen molar-refractivity contribution in [2.45, 2.75) is 38.2 Å². The van der Waals surface area contributed by atoms with Crippen molar-refractivity contribution in [2.75, 3.05) is 0 Å². The van der Waals surface area contributed by atoms with Crippen molar-refractivity contribution in [3.8, 4) is 5.75 Å². The molecule has 2 aromatic rings. The summed E-state index contributed by atoms with van der Waals surface area (Å²) in [5.74, 6) is 0.168. The van der Waals surface area contributed by atoms with E-state index in [2.05, 4.69) is 30.8 Å². The zero-order valence-corrected chi connectivity index (χ0v) is 13.6. The van der Waals surface area contributed by atoms with E-state index >= 15 is 0 Å². The highest BCUT2D eigenvalue weighted by molar-refractivity contribution is 5.44. The highest BCUT2D eigenvalue weighted by Crippen LogP contribution is 2.46. The van der Waals surface area contributed by atoms with Crippen molar-refractivity contribution in [3.63, 3.8) is 0 Å². The lowest BCUT2D eigenvalue weighted by molar-refractivity contribution is 0.00174. The average molecular weight is 308 g/mol. The highest BCUT2D eigenvalue weighted by atomic mass is 16.3. The Hall–Kier alpha value is -2.06. The maximum Gasteiger partial charge on any atom is 0.122 e. The van der Waals surface area contributed by atoms with Gasteiger partial charge in [-0.05, 0) is 48.4 Å². The minimum atomic E-state index is -1.19. The van der Waals surface area contributed by atoms with Crippen molar-refractivity contribution >= 4 is 0 Å². The summed E-state index contributed by atoms with van der Waals surface area (Å²) in [6.07, 6.45) is 3.33. The lowest BCUT2D eigenvalue weighted by Gasteiger charge is -2.41. The molecule has 0 heterocycles. The first-order valence-electron chi connectivity index (χ1n) is 8.33. The quantitative estimate of drug-likeness (QED) is 0.824. The molecule has 120 valence electrons. The Morgan fingerprint density at radius 3 is 2.48 bits per heavy atom. The summed E-state index contributed by atoms with van der Waals surface area (Å²) in [6, 6.07) is 15.5. The number of hydrogen-bond acceptors (Lipinski definition) is 2. The number of rotatable bonds is 4. The van der Waals surface area contributed by atoms with E-state index in [1.54, 1.807) is 12.1 Å². The van der Waals surface area contributed by atoms with Gasteiger partial charge in [0.15, 0.2) is 0 Å². The molecule has 0 fully saturated rings. The van der Waals surface area contributed by atoms with E-state index in [1.807, 2.05) is 19.1 Å². The molecule has 0 bridgehead atoms. The molecule has 2 unspecified atom stereocenters. The monoisotopic (exact) mass is 308 g/mol. The van der Waals surface area contributed by atoms with Crippen molar-refractivity contribution in [1.82, 2.24) is 0 Å². The smallest absolute Gasteiger partial charge is 0.122 e. The summed E-state index contributed by atoms with van der Waals surface area (Å²) in [6.45, 7) is 6.14. The first-order chi connectivity index (χ1) is 11.1. The van der Waals surface area contributed by atoms with Crippen LogP contribution in [0.2, 0.25) is 0 Å². The fourth-order valence-electron chi connectivity index (χ4n) is 3.82. The van der Waals surface area contributed by atoms with Crippen LogP contribution in [0.1, 0.15) is 36.5 Å². The third-order valence-corrected chi connectivity index (χ3v) is 5.22. The molecular weight excluding hydrogens is 284 g/mol. The Kier molecular flexibility index (Phi) is 4.27. The number of fused-ring (bicyclic) bond motifs is 1. The van der Waals surface area contributed by atoms with Crippen LogP contribution in [0.4, 0.5) is 0 Å². The molecule has 0 aliphatic heterocycles. The first-order valence-corrected chi connectivity index (χ1v) is 8.33. The Morgan fingerprint density at radius 2 is 1.78 bits per heavy atom. The summed E-state index contributed by atoms with van der Waals surface area (Å²) < 4.78 is 0. The molecule has 2 nitrogen and oxygen atoms in total. The molecule has 0 aromatic heterocycles. The standard InChI is InChI=1S/C21H24O2/c1-3-15(2)21(23,19-10-6-7-11-20(19)22)18-13-12-16-8-4-5-9-17(16)14-18/h4-11,18,22-23H,2-3,12-14H2,1H3. The molecule has 0 amide bonds. The second-order valence-electron chi connectivity index (χ2n) is 6.45. The molecule has 2 aromatic carbocycles. The average Bonchev–Trinajstić information content (AvgIpc) is 2.60. The van der Waals surface area contributed by atoms with Crippen molar-refractivity contribution in [3.05, 3.63) is 77.4 Å². The molecule has 3 rings (SSSR count). The molecule has 23 heavy (non-hydrogen) atoms. The number of benzene rings is 2. The van der Waals surface area contributed by atoms with Crippen molar-refractivity contribution in [1.29, 1.82) is 0 Å². The van der Waals surface area contributed by atoms with Gasteiger partial charge in [0.25, 0.3) is 0 Å². The predicted octanol–water partition coefficient (Wildman–Crippen LogP) is 4.35. The third kappa shape index (κ3) is 2.68. The first kappa shape index (κ1) is 15.8. The number of aromatic hydroxyl groups is 1. The van der Waals surface area contributed by atoms with Crippen LogP contribution in [0.3, 0.4) is 0 Å². The van der Waals surface area contributed by atoms with Gasteiger partial charge in [-0.2, -0.15) is 0 Å². The summed E-state index contributed by atoms with van der Waals surface area (Å²) in [4.78, 5) is 0. The lowest BCUT2D eigenvalue weighted by atomic mass is 9.68. The van der Waals surface area contributed by atoms with Crippen LogP contribution in [-0.2, 0) is 18.4 Å². The zero-order valence-electron chi connectivity index (χ0n) is 13.6. The third-order valence-electron chi connectivity index (χ3n) is 5.22. The molecule has 2 heteroatoms. The van der Waals surface area contributed by atoms with Crippen LogP contribution >= 0.6 is 0 Å². The van der Waals surface area contributed by atoms with E-state index in [9.17, 15) is 10.2 Å². The van der Waals surface area contributed by atoms with Crippen molar-refractivity contribution in [2.24, 2.45) is 5.92 Å². The zero-order chi connectivity index (χ0) is 16.4. The summed E-state index contributed by atoms with van der Waals surface area (Å²) in [5.41, 5.74) is 2.82. The molecule has 0 radical (unpaired) electrons. The van der Waals surface area contributed by atoms with Gasteiger partial charge < -0.3 is 10.2 Å². The Bertz CT molecular complexity index is 719. The summed E-state index contributed by atoms with van der Waals surface area (Å²) >= 11 is 0. The second-order valence-corrected chi connectivity index (χ2v) is 6.45. The second kappa shape index (κ2) is 6.21. The van der Waals surface area contributed by atoms with Gasteiger partial charge >= 0.3 is 0 Å². The maximum atomic E-state index is 11.6. The maximum absolute atomic E-state index is 11.6. The molecule has 1 aliphatic rings. The normalized spacial score (nSPS) is 19.7. The molecule has 1 aliphatic carbocycles. The van der Waals surface area contributed by atoms with Crippen LogP contribution < -0.4 is 0 Å². The van der Waals surface area contributed by atoms with Crippen LogP contribution in [0, 0.1) is 5.92 Å². The highest BCUT2D eigenvalue weighted by Gasteiger charge is 2.43. The lowest BCUT2D eigenvalue weighted by Crippen LogP contribution is -2.40.